The quantitative estimate of drug-likeness (QED) is 0.635. The summed E-state index contributed by atoms with van der Waals surface area (Å²) in [6.45, 7) is 0.911. The third-order valence-corrected chi connectivity index (χ3v) is 5.44. The van der Waals surface area contributed by atoms with Gasteiger partial charge in [-0.05, 0) is 43.5 Å². The van der Waals surface area contributed by atoms with Crippen molar-refractivity contribution in [2.24, 2.45) is 0 Å². The van der Waals surface area contributed by atoms with Crippen LogP contribution >= 0.6 is 23.2 Å². The number of hydrogen-bond acceptors (Lipinski definition) is 3. The van der Waals surface area contributed by atoms with Crippen molar-refractivity contribution in [1.29, 1.82) is 0 Å². The van der Waals surface area contributed by atoms with Gasteiger partial charge < -0.3 is 10.1 Å². The molecule has 0 atom stereocenters. The lowest BCUT2D eigenvalue weighted by Gasteiger charge is -2.11. The van der Waals surface area contributed by atoms with Crippen LogP contribution in [0.2, 0.25) is 10.0 Å². The van der Waals surface area contributed by atoms with Crippen molar-refractivity contribution < 1.29 is 4.74 Å². The maximum atomic E-state index is 6.47. The second-order valence-electron chi connectivity index (χ2n) is 6.28. The number of anilines is 1. The third kappa shape index (κ3) is 3.04. The van der Waals surface area contributed by atoms with E-state index in [-0.39, 0.29) is 0 Å². The monoisotopic (exact) mass is 387 g/mol. The first kappa shape index (κ1) is 17.3. The van der Waals surface area contributed by atoms with E-state index in [0.29, 0.717) is 10.0 Å². The fourth-order valence-electron chi connectivity index (χ4n) is 3.33. The Balaban J connectivity index is 1.93. The van der Waals surface area contributed by atoms with Gasteiger partial charge >= 0.3 is 0 Å². The summed E-state index contributed by atoms with van der Waals surface area (Å²) in [5, 5.41) is 9.45. The number of rotatable bonds is 3. The van der Waals surface area contributed by atoms with Crippen molar-refractivity contribution in [3.63, 3.8) is 0 Å². The summed E-state index contributed by atoms with van der Waals surface area (Å²) in [6.07, 6.45) is 3.20. The summed E-state index contributed by atoms with van der Waals surface area (Å²) >= 11 is 12.7. The second-order valence-corrected chi connectivity index (χ2v) is 7.06. The van der Waals surface area contributed by atoms with Gasteiger partial charge in [-0.3, -0.25) is 0 Å². The molecule has 0 bridgehead atoms. The van der Waals surface area contributed by atoms with Gasteiger partial charge in [0.25, 0.3) is 0 Å². The molecule has 1 aliphatic rings. The molecule has 0 amide bonds. The predicted octanol–water partition coefficient (Wildman–Crippen LogP) is 5.60. The molecule has 134 valence electrons. The fraction of sp³-hybridized carbons (Fsp3) is 0.250. The molecule has 1 aliphatic heterocycles. The van der Waals surface area contributed by atoms with Gasteiger partial charge in [0.2, 0.25) is 0 Å². The lowest BCUT2D eigenvalue weighted by atomic mass is 10.0. The highest BCUT2D eigenvalue weighted by atomic mass is 35.5. The topological polar surface area (TPSA) is 39.1 Å². The Labute approximate surface area is 162 Å². The van der Waals surface area contributed by atoms with Crippen LogP contribution in [-0.2, 0) is 6.42 Å². The Kier molecular flexibility index (Phi) is 4.79. The number of nitrogens with one attached hydrogen (secondary N) is 1. The van der Waals surface area contributed by atoms with E-state index in [2.05, 4.69) is 11.4 Å². The average Bonchev–Trinajstić information content (AvgIpc) is 2.85. The first-order valence-corrected chi connectivity index (χ1v) is 9.39. The SMILES string of the molecule is COc1cccc(-c2nn(-c3cccc(Cl)c3Cl)c3c2CCCCN3)c1. The van der Waals surface area contributed by atoms with Crippen LogP contribution in [0, 0.1) is 0 Å². The van der Waals surface area contributed by atoms with Crippen molar-refractivity contribution in [2.75, 3.05) is 19.0 Å². The summed E-state index contributed by atoms with van der Waals surface area (Å²) in [5.41, 5.74) is 3.95. The van der Waals surface area contributed by atoms with Crippen molar-refractivity contribution in [3.8, 4) is 22.7 Å². The molecule has 4 rings (SSSR count). The van der Waals surface area contributed by atoms with E-state index in [1.165, 1.54) is 5.56 Å². The van der Waals surface area contributed by atoms with E-state index in [9.17, 15) is 0 Å². The molecule has 0 radical (unpaired) electrons. The highest BCUT2D eigenvalue weighted by Gasteiger charge is 2.23. The summed E-state index contributed by atoms with van der Waals surface area (Å²) in [6, 6.07) is 13.6. The zero-order chi connectivity index (χ0) is 18.1. The molecule has 0 fully saturated rings. The van der Waals surface area contributed by atoms with Gasteiger partial charge in [0, 0.05) is 17.7 Å². The van der Waals surface area contributed by atoms with Crippen LogP contribution in [0.25, 0.3) is 16.9 Å². The van der Waals surface area contributed by atoms with Gasteiger partial charge in [0.15, 0.2) is 0 Å². The van der Waals surface area contributed by atoms with Crippen molar-refractivity contribution in [1.82, 2.24) is 9.78 Å². The largest absolute Gasteiger partial charge is 0.497 e. The first-order chi connectivity index (χ1) is 12.7. The molecule has 0 spiro atoms. The standard InChI is InChI=1S/C20H19Cl2N3O/c1-26-14-7-4-6-13(12-14)19-15-8-2-3-11-23-20(15)25(24-19)17-10-5-9-16(21)18(17)22/h4-7,9-10,12,23H,2-3,8,11H2,1H3. The van der Waals surface area contributed by atoms with Crippen molar-refractivity contribution >= 4 is 29.0 Å². The molecule has 0 aliphatic carbocycles. The molecular weight excluding hydrogens is 369 g/mol. The zero-order valence-corrected chi connectivity index (χ0v) is 15.9. The van der Waals surface area contributed by atoms with Crippen LogP contribution in [-0.4, -0.2) is 23.4 Å². The fourth-order valence-corrected chi connectivity index (χ4v) is 3.71. The molecule has 4 nitrogen and oxygen atoms in total. The minimum absolute atomic E-state index is 0.503. The summed E-state index contributed by atoms with van der Waals surface area (Å²) in [7, 11) is 1.67. The number of methoxy groups -OCH3 is 1. The van der Waals surface area contributed by atoms with Gasteiger partial charge in [-0.25, -0.2) is 4.68 Å². The number of halogens is 2. The van der Waals surface area contributed by atoms with Gasteiger partial charge in [0.05, 0.1) is 28.5 Å². The highest BCUT2D eigenvalue weighted by molar-refractivity contribution is 6.43. The van der Waals surface area contributed by atoms with E-state index in [4.69, 9.17) is 33.0 Å². The van der Waals surface area contributed by atoms with E-state index >= 15 is 0 Å². The smallest absolute Gasteiger partial charge is 0.133 e. The molecule has 0 saturated carbocycles. The molecule has 6 heteroatoms. The summed E-state index contributed by atoms with van der Waals surface area (Å²) in [4.78, 5) is 0. The van der Waals surface area contributed by atoms with Crippen molar-refractivity contribution in [2.45, 2.75) is 19.3 Å². The van der Waals surface area contributed by atoms with E-state index in [0.717, 1.165) is 54.3 Å². The molecule has 2 heterocycles. The maximum Gasteiger partial charge on any atom is 0.133 e. The van der Waals surface area contributed by atoms with Gasteiger partial charge in [0.1, 0.15) is 11.6 Å². The zero-order valence-electron chi connectivity index (χ0n) is 14.4. The van der Waals surface area contributed by atoms with Crippen molar-refractivity contribution in [3.05, 3.63) is 58.1 Å². The number of benzene rings is 2. The molecule has 0 unspecified atom stereocenters. The molecule has 2 aromatic carbocycles. The molecule has 26 heavy (non-hydrogen) atoms. The first-order valence-electron chi connectivity index (χ1n) is 8.63. The Morgan fingerprint density at radius 3 is 2.81 bits per heavy atom. The van der Waals surface area contributed by atoms with Crippen LogP contribution < -0.4 is 10.1 Å². The number of ether oxygens (including phenoxy) is 1. The highest BCUT2D eigenvalue weighted by Crippen LogP contribution is 2.37. The Bertz CT molecular complexity index is 952. The third-order valence-electron chi connectivity index (χ3n) is 4.63. The minimum Gasteiger partial charge on any atom is -0.497 e. The number of hydrogen-bond donors (Lipinski definition) is 1. The predicted molar refractivity (Wildman–Crippen MR) is 107 cm³/mol. The number of aromatic nitrogens is 2. The van der Waals surface area contributed by atoms with Crippen LogP contribution in [0.4, 0.5) is 5.82 Å². The summed E-state index contributed by atoms with van der Waals surface area (Å²) < 4.78 is 7.26. The molecule has 3 aromatic rings. The minimum atomic E-state index is 0.503. The average molecular weight is 388 g/mol. The second kappa shape index (κ2) is 7.22. The van der Waals surface area contributed by atoms with Crippen LogP contribution in [0.15, 0.2) is 42.5 Å². The number of fused-ring (bicyclic) bond motifs is 1. The van der Waals surface area contributed by atoms with E-state index in [1.54, 1.807) is 13.2 Å². The van der Waals surface area contributed by atoms with Crippen LogP contribution in [0.3, 0.4) is 0 Å². The molecule has 1 aromatic heterocycles. The lowest BCUT2D eigenvalue weighted by Crippen LogP contribution is -2.07. The van der Waals surface area contributed by atoms with Crippen LogP contribution in [0.1, 0.15) is 18.4 Å². The number of nitrogens with zero attached hydrogens (tertiary/aromatic N) is 2. The Morgan fingerprint density at radius 2 is 1.96 bits per heavy atom. The van der Waals surface area contributed by atoms with E-state index < -0.39 is 0 Å². The Hall–Kier alpha value is -2.17. The van der Waals surface area contributed by atoms with Crippen LogP contribution in [0.5, 0.6) is 5.75 Å². The Morgan fingerprint density at radius 1 is 1.12 bits per heavy atom. The molecule has 1 N–H and O–H groups in total. The summed E-state index contributed by atoms with van der Waals surface area (Å²) in [5.74, 6) is 1.80. The van der Waals surface area contributed by atoms with Gasteiger partial charge in [-0.2, -0.15) is 5.10 Å². The lowest BCUT2D eigenvalue weighted by molar-refractivity contribution is 0.415. The molecular formula is C20H19Cl2N3O. The molecule has 0 saturated heterocycles. The maximum absolute atomic E-state index is 6.47. The normalized spacial score (nSPS) is 13.7. The van der Waals surface area contributed by atoms with Gasteiger partial charge in [-0.1, -0.05) is 41.4 Å². The van der Waals surface area contributed by atoms with E-state index in [1.807, 2.05) is 35.0 Å². The van der Waals surface area contributed by atoms with Gasteiger partial charge in [-0.15, -0.1) is 0 Å².